The molecule has 6 heteroatoms. The zero-order valence-corrected chi connectivity index (χ0v) is 13.8. The number of aryl methyl sites for hydroxylation is 1. The number of phenols is 1. The summed E-state index contributed by atoms with van der Waals surface area (Å²) in [7, 11) is 0. The third kappa shape index (κ3) is 4.29. The number of hydrogen-bond donors (Lipinski definition) is 2. The van der Waals surface area contributed by atoms with Gasteiger partial charge >= 0.3 is 0 Å². The molecule has 2 N–H and O–H groups in total. The first-order chi connectivity index (χ1) is 11.6. The summed E-state index contributed by atoms with van der Waals surface area (Å²) in [6.07, 6.45) is 5.12. The molecule has 126 valence electrons. The van der Waals surface area contributed by atoms with Crippen molar-refractivity contribution in [1.29, 1.82) is 0 Å². The number of piperidine rings is 1. The second-order valence-electron chi connectivity index (χ2n) is 6.24. The highest BCUT2D eigenvalue weighted by molar-refractivity contribution is 5.93. The average Bonchev–Trinajstić information content (AvgIpc) is 2.56. The van der Waals surface area contributed by atoms with Gasteiger partial charge < -0.3 is 10.4 Å². The van der Waals surface area contributed by atoms with E-state index in [-0.39, 0.29) is 17.7 Å². The van der Waals surface area contributed by atoms with Crippen LogP contribution in [0.2, 0.25) is 0 Å². The lowest BCUT2D eigenvalue weighted by molar-refractivity contribution is 0.0900. The number of carbonyl (C=O) groups is 1. The summed E-state index contributed by atoms with van der Waals surface area (Å²) in [5, 5.41) is 12.6. The normalized spacial score (nSPS) is 18.3. The molecule has 0 bridgehead atoms. The van der Waals surface area contributed by atoms with Crippen molar-refractivity contribution in [3.8, 4) is 5.75 Å². The number of hydrogen-bond acceptors (Lipinski definition) is 5. The summed E-state index contributed by atoms with van der Waals surface area (Å²) in [4.78, 5) is 22.7. The number of nitrogens with zero attached hydrogens (tertiary/aromatic N) is 3. The maximum Gasteiger partial charge on any atom is 0.254 e. The topological polar surface area (TPSA) is 78.4 Å². The highest BCUT2D eigenvalue weighted by Crippen LogP contribution is 2.17. The minimum Gasteiger partial charge on any atom is -0.508 e. The molecule has 24 heavy (non-hydrogen) atoms. The van der Waals surface area contributed by atoms with Crippen LogP contribution in [0.5, 0.6) is 5.75 Å². The average molecular weight is 326 g/mol. The molecular formula is C18H22N4O2. The predicted molar refractivity (Wildman–Crippen MR) is 90.6 cm³/mol. The Morgan fingerprint density at radius 1 is 1.38 bits per heavy atom. The number of carbonyl (C=O) groups excluding carboxylic acids is 1. The molecule has 3 rings (SSSR count). The zero-order valence-electron chi connectivity index (χ0n) is 13.8. The molecule has 1 atom stereocenters. The van der Waals surface area contributed by atoms with Crippen molar-refractivity contribution in [2.45, 2.75) is 32.4 Å². The smallest absolute Gasteiger partial charge is 0.254 e. The molecule has 1 aliphatic rings. The lowest BCUT2D eigenvalue weighted by Gasteiger charge is -2.33. The van der Waals surface area contributed by atoms with Gasteiger partial charge in [0.2, 0.25) is 0 Å². The van der Waals surface area contributed by atoms with E-state index in [2.05, 4.69) is 20.2 Å². The molecule has 1 amide bonds. The van der Waals surface area contributed by atoms with Gasteiger partial charge in [-0.15, -0.1) is 0 Å². The SMILES string of the molecule is Cc1ncc(C(=O)N[C@@H]2CCCN(Cc3cccc(O)c3)C2)cn1. The Morgan fingerprint density at radius 3 is 2.92 bits per heavy atom. The highest BCUT2D eigenvalue weighted by Gasteiger charge is 2.22. The molecule has 6 nitrogen and oxygen atoms in total. The van der Waals surface area contributed by atoms with Gasteiger partial charge in [-0.1, -0.05) is 12.1 Å². The molecule has 0 spiro atoms. The van der Waals surface area contributed by atoms with Gasteiger partial charge in [-0.05, 0) is 44.0 Å². The summed E-state index contributed by atoms with van der Waals surface area (Å²) in [5.41, 5.74) is 1.57. The Hall–Kier alpha value is -2.47. The van der Waals surface area contributed by atoms with Crippen LogP contribution in [0, 0.1) is 6.92 Å². The molecule has 0 radical (unpaired) electrons. The minimum atomic E-state index is -0.126. The summed E-state index contributed by atoms with van der Waals surface area (Å²) >= 11 is 0. The number of aromatic hydroxyl groups is 1. The van der Waals surface area contributed by atoms with Crippen molar-refractivity contribution >= 4 is 5.91 Å². The molecule has 0 aliphatic carbocycles. The first kappa shape index (κ1) is 16.4. The van der Waals surface area contributed by atoms with E-state index in [4.69, 9.17) is 0 Å². The molecule has 2 aromatic rings. The fourth-order valence-electron chi connectivity index (χ4n) is 3.01. The second kappa shape index (κ2) is 7.40. The van der Waals surface area contributed by atoms with Crippen molar-refractivity contribution < 1.29 is 9.90 Å². The van der Waals surface area contributed by atoms with Gasteiger partial charge in [0, 0.05) is 31.5 Å². The third-order valence-corrected chi connectivity index (χ3v) is 4.20. The maximum absolute atomic E-state index is 12.3. The van der Waals surface area contributed by atoms with Crippen LogP contribution in [0.15, 0.2) is 36.7 Å². The monoisotopic (exact) mass is 326 g/mol. The Kier molecular flexibility index (Phi) is 5.05. The molecule has 1 aromatic heterocycles. The van der Waals surface area contributed by atoms with Crippen molar-refractivity contribution in [2.24, 2.45) is 0 Å². The van der Waals surface area contributed by atoms with E-state index in [1.54, 1.807) is 31.5 Å². The fourth-order valence-corrected chi connectivity index (χ4v) is 3.01. The number of nitrogens with one attached hydrogen (secondary N) is 1. The first-order valence-corrected chi connectivity index (χ1v) is 8.20. The Bertz CT molecular complexity index is 702. The van der Waals surface area contributed by atoms with Gasteiger partial charge in [-0.3, -0.25) is 9.69 Å². The van der Waals surface area contributed by atoms with Gasteiger partial charge in [0.1, 0.15) is 11.6 Å². The van der Waals surface area contributed by atoms with E-state index in [1.807, 2.05) is 12.1 Å². The fraction of sp³-hybridized carbons (Fsp3) is 0.389. The Morgan fingerprint density at radius 2 is 2.17 bits per heavy atom. The highest BCUT2D eigenvalue weighted by atomic mass is 16.3. The molecule has 1 aliphatic heterocycles. The van der Waals surface area contributed by atoms with Crippen LogP contribution in [0.3, 0.4) is 0 Å². The Balaban J connectivity index is 1.57. The van der Waals surface area contributed by atoms with Crippen molar-refractivity contribution in [1.82, 2.24) is 20.2 Å². The van der Waals surface area contributed by atoms with Crippen LogP contribution in [0.1, 0.15) is 34.6 Å². The van der Waals surface area contributed by atoms with E-state index in [1.165, 1.54) is 0 Å². The van der Waals surface area contributed by atoms with Crippen LogP contribution < -0.4 is 5.32 Å². The van der Waals surface area contributed by atoms with Crippen LogP contribution >= 0.6 is 0 Å². The van der Waals surface area contributed by atoms with E-state index < -0.39 is 0 Å². The number of likely N-dealkylation sites (tertiary alicyclic amines) is 1. The molecule has 1 aromatic carbocycles. The lowest BCUT2D eigenvalue weighted by atomic mass is 10.0. The van der Waals surface area contributed by atoms with Gasteiger partial charge in [0.15, 0.2) is 0 Å². The largest absolute Gasteiger partial charge is 0.508 e. The van der Waals surface area contributed by atoms with Crippen molar-refractivity contribution in [3.05, 3.63) is 53.6 Å². The summed E-state index contributed by atoms with van der Waals surface area (Å²) < 4.78 is 0. The molecule has 2 heterocycles. The van der Waals surface area contributed by atoms with E-state index in [0.29, 0.717) is 11.4 Å². The van der Waals surface area contributed by atoms with Crippen LogP contribution in [-0.4, -0.2) is 45.0 Å². The Labute approximate surface area is 141 Å². The van der Waals surface area contributed by atoms with E-state index in [9.17, 15) is 9.90 Å². The quantitative estimate of drug-likeness (QED) is 0.897. The van der Waals surface area contributed by atoms with E-state index in [0.717, 1.165) is 38.0 Å². The maximum atomic E-state index is 12.3. The van der Waals surface area contributed by atoms with Crippen LogP contribution in [-0.2, 0) is 6.54 Å². The lowest BCUT2D eigenvalue weighted by Crippen LogP contribution is -2.47. The number of phenolic OH excluding ortho intramolecular Hbond substituents is 1. The van der Waals surface area contributed by atoms with Crippen LogP contribution in [0.25, 0.3) is 0 Å². The number of rotatable bonds is 4. The van der Waals surface area contributed by atoms with E-state index >= 15 is 0 Å². The van der Waals surface area contributed by atoms with Gasteiger partial charge in [0.05, 0.1) is 5.56 Å². The molecule has 1 saturated heterocycles. The van der Waals surface area contributed by atoms with Gasteiger partial charge in [-0.25, -0.2) is 9.97 Å². The minimum absolute atomic E-state index is 0.116. The van der Waals surface area contributed by atoms with Gasteiger partial charge in [0.25, 0.3) is 5.91 Å². The summed E-state index contributed by atoms with van der Waals surface area (Å²) in [6.45, 7) is 4.36. The standard InChI is InChI=1S/C18H22N4O2/c1-13-19-9-15(10-20-13)18(24)21-16-5-3-7-22(12-16)11-14-4-2-6-17(23)8-14/h2,4,6,8-10,16,23H,3,5,7,11-12H2,1H3,(H,21,24)/t16-/m1/s1. The molecular weight excluding hydrogens is 304 g/mol. The first-order valence-electron chi connectivity index (χ1n) is 8.20. The predicted octanol–water partition coefficient (Wildman–Crippen LogP) is 1.89. The number of amides is 1. The van der Waals surface area contributed by atoms with Gasteiger partial charge in [-0.2, -0.15) is 0 Å². The number of benzene rings is 1. The molecule has 0 unspecified atom stereocenters. The third-order valence-electron chi connectivity index (χ3n) is 4.20. The van der Waals surface area contributed by atoms with Crippen LogP contribution in [0.4, 0.5) is 0 Å². The molecule has 0 saturated carbocycles. The molecule has 1 fully saturated rings. The second-order valence-corrected chi connectivity index (χ2v) is 6.24. The summed E-state index contributed by atoms with van der Waals surface area (Å²) in [5.74, 6) is 0.814. The zero-order chi connectivity index (χ0) is 16.9. The number of aromatic nitrogens is 2. The van der Waals surface area contributed by atoms with Crippen molar-refractivity contribution in [3.63, 3.8) is 0 Å². The summed E-state index contributed by atoms with van der Waals surface area (Å²) in [6, 6.07) is 7.43. The van der Waals surface area contributed by atoms with Crippen molar-refractivity contribution in [2.75, 3.05) is 13.1 Å².